The monoisotopic (exact) mass is 174 g/mol. The number of aliphatic hydroxyl groups is 1. The second-order valence-corrected chi connectivity index (χ2v) is 2.50. The summed E-state index contributed by atoms with van der Waals surface area (Å²) in [6, 6.07) is -0.459. The van der Waals surface area contributed by atoms with Crippen LogP contribution in [0.25, 0.3) is 0 Å². The molecule has 12 heavy (non-hydrogen) atoms. The maximum absolute atomic E-state index is 10.4. The van der Waals surface area contributed by atoms with Gasteiger partial charge in [0.1, 0.15) is 6.04 Å². The Kier molecular flexibility index (Phi) is 5.40. The van der Waals surface area contributed by atoms with Gasteiger partial charge in [0.25, 0.3) is 5.91 Å². The predicted octanol–water partition coefficient (Wildman–Crippen LogP) is 0.381. The molecular formula is C7H14N2O3. The molecule has 0 saturated carbocycles. The maximum atomic E-state index is 10.4. The molecule has 0 radical (unpaired) electrons. The van der Waals surface area contributed by atoms with Gasteiger partial charge in [0.15, 0.2) is 0 Å². The molecular weight excluding hydrogens is 160 g/mol. The number of carbonyl (C=O) groups is 1. The first kappa shape index (κ1) is 11.2. The molecule has 0 saturated heterocycles. The van der Waals surface area contributed by atoms with Crippen molar-refractivity contribution in [2.45, 2.75) is 26.0 Å². The van der Waals surface area contributed by atoms with Crippen molar-refractivity contribution in [3.8, 4) is 0 Å². The zero-order valence-electron chi connectivity index (χ0n) is 7.52. The number of hydrogen-bond donors (Lipinski definition) is 1. The van der Waals surface area contributed by atoms with E-state index in [0.29, 0.717) is 0 Å². The quantitative estimate of drug-likeness (QED) is 0.626. The van der Waals surface area contributed by atoms with E-state index in [1.807, 2.05) is 0 Å². The van der Waals surface area contributed by atoms with Crippen LogP contribution in [0.2, 0.25) is 0 Å². The molecule has 0 spiro atoms. The second-order valence-electron chi connectivity index (χ2n) is 2.50. The van der Waals surface area contributed by atoms with E-state index in [4.69, 9.17) is 9.84 Å². The molecule has 0 aliphatic rings. The summed E-state index contributed by atoms with van der Waals surface area (Å²) in [5.41, 5.74) is 0. The summed E-state index contributed by atoms with van der Waals surface area (Å²) in [6.45, 7) is 3.13. The molecule has 0 heterocycles. The van der Waals surface area contributed by atoms with Gasteiger partial charge in [0, 0.05) is 14.0 Å². The summed E-state index contributed by atoms with van der Waals surface area (Å²) < 4.78 is 4.77. The molecule has 5 heteroatoms. The fraction of sp³-hybridized carbons (Fsp3) is 0.857. The molecule has 1 N–H and O–H groups in total. The van der Waals surface area contributed by atoms with Crippen LogP contribution in [0.15, 0.2) is 10.2 Å². The lowest BCUT2D eigenvalue weighted by atomic mass is 10.2. The van der Waals surface area contributed by atoms with Crippen molar-refractivity contribution in [1.82, 2.24) is 0 Å². The standard InChI is InChI=1S/C7H14N2O3/c1-5(10)7(4-12-3)9-8-6(2)11/h5,7,10H,4H2,1-3H3. The minimum atomic E-state index is -0.659. The number of ether oxygens (including phenoxy) is 1. The molecule has 0 aromatic rings. The number of amides is 1. The van der Waals surface area contributed by atoms with Crippen molar-refractivity contribution in [3.63, 3.8) is 0 Å². The van der Waals surface area contributed by atoms with Crippen LogP contribution >= 0.6 is 0 Å². The fourth-order valence-corrected chi connectivity index (χ4v) is 0.595. The number of nitrogens with zero attached hydrogens (tertiary/aromatic N) is 2. The normalized spacial score (nSPS) is 16.3. The number of methoxy groups -OCH3 is 1. The molecule has 0 aliphatic carbocycles. The van der Waals surface area contributed by atoms with Crippen LogP contribution in [0.5, 0.6) is 0 Å². The van der Waals surface area contributed by atoms with Crippen LogP contribution in [-0.4, -0.2) is 36.9 Å². The second kappa shape index (κ2) is 5.79. The predicted molar refractivity (Wildman–Crippen MR) is 42.9 cm³/mol. The van der Waals surface area contributed by atoms with E-state index < -0.39 is 12.1 Å². The van der Waals surface area contributed by atoms with Gasteiger partial charge in [0.05, 0.1) is 12.7 Å². The molecule has 0 fully saturated rings. The summed E-state index contributed by atoms with van der Waals surface area (Å²) in [5.74, 6) is -0.378. The zero-order chi connectivity index (χ0) is 9.56. The highest BCUT2D eigenvalue weighted by molar-refractivity contribution is 5.73. The number of azo groups is 1. The Hall–Kier alpha value is -0.810. The van der Waals surface area contributed by atoms with Crippen LogP contribution in [0.4, 0.5) is 0 Å². The SMILES string of the molecule is COCC(N=NC(C)=O)C(C)O. The van der Waals surface area contributed by atoms with Gasteiger partial charge < -0.3 is 9.84 Å². The molecule has 0 aromatic heterocycles. The highest BCUT2D eigenvalue weighted by Crippen LogP contribution is 2.00. The number of hydrogen-bond acceptors (Lipinski definition) is 4. The van der Waals surface area contributed by atoms with Gasteiger partial charge in [-0.05, 0) is 6.92 Å². The Morgan fingerprint density at radius 3 is 2.58 bits per heavy atom. The van der Waals surface area contributed by atoms with E-state index in [2.05, 4.69) is 10.2 Å². The van der Waals surface area contributed by atoms with Crippen LogP contribution < -0.4 is 0 Å². The van der Waals surface area contributed by atoms with Gasteiger partial charge in [-0.3, -0.25) is 4.79 Å². The lowest BCUT2D eigenvalue weighted by Crippen LogP contribution is -2.25. The summed E-state index contributed by atoms with van der Waals surface area (Å²) in [4.78, 5) is 10.4. The lowest BCUT2D eigenvalue weighted by Gasteiger charge is -2.11. The van der Waals surface area contributed by atoms with Gasteiger partial charge >= 0.3 is 0 Å². The van der Waals surface area contributed by atoms with Crippen LogP contribution in [0, 0.1) is 0 Å². The van der Waals surface area contributed by atoms with Crippen molar-refractivity contribution in [2.24, 2.45) is 10.2 Å². The van der Waals surface area contributed by atoms with E-state index in [0.717, 1.165) is 0 Å². The molecule has 70 valence electrons. The Labute approximate surface area is 71.4 Å². The van der Waals surface area contributed by atoms with E-state index in [9.17, 15) is 4.79 Å². The third kappa shape index (κ3) is 4.92. The van der Waals surface area contributed by atoms with Gasteiger partial charge in [0.2, 0.25) is 0 Å². The average molecular weight is 174 g/mol. The zero-order valence-corrected chi connectivity index (χ0v) is 7.52. The Morgan fingerprint density at radius 2 is 2.25 bits per heavy atom. The molecule has 2 atom stereocenters. The van der Waals surface area contributed by atoms with Gasteiger partial charge in [-0.25, -0.2) is 0 Å². The first-order valence-electron chi connectivity index (χ1n) is 3.66. The van der Waals surface area contributed by atoms with Crippen molar-refractivity contribution < 1.29 is 14.6 Å². The van der Waals surface area contributed by atoms with Crippen LogP contribution in [0.3, 0.4) is 0 Å². The van der Waals surface area contributed by atoms with E-state index in [1.54, 1.807) is 6.92 Å². The molecule has 0 aromatic carbocycles. The number of carbonyl (C=O) groups excluding carboxylic acids is 1. The minimum Gasteiger partial charge on any atom is -0.391 e. The average Bonchev–Trinajstić information content (AvgIpc) is 1.96. The summed E-state index contributed by atoms with van der Waals surface area (Å²) in [6.07, 6.45) is -0.659. The van der Waals surface area contributed by atoms with E-state index >= 15 is 0 Å². The number of rotatable bonds is 4. The smallest absolute Gasteiger partial charge is 0.261 e. The molecule has 5 nitrogen and oxygen atoms in total. The van der Waals surface area contributed by atoms with Gasteiger partial charge in [-0.2, -0.15) is 5.11 Å². The molecule has 1 amide bonds. The fourth-order valence-electron chi connectivity index (χ4n) is 0.595. The Bertz CT molecular complexity index is 168. The number of aliphatic hydroxyl groups excluding tert-OH is 1. The van der Waals surface area contributed by atoms with Gasteiger partial charge in [-0.1, -0.05) is 0 Å². The summed E-state index contributed by atoms with van der Waals surface area (Å²) >= 11 is 0. The third-order valence-corrected chi connectivity index (χ3v) is 1.24. The van der Waals surface area contributed by atoms with Crippen LogP contribution in [0.1, 0.15) is 13.8 Å². The Balaban J connectivity index is 4.03. The van der Waals surface area contributed by atoms with Crippen molar-refractivity contribution >= 4 is 5.91 Å². The first-order valence-corrected chi connectivity index (χ1v) is 3.66. The van der Waals surface area contributed by atoms with Gasteiger partial charge in [-0.15, -0.1) is 5.11 Å². The molecule has 2 unspecified atom stereocenters. The minimum absolute atomic E-state index is 0.258. The third-order valence-electron chi connectivity index (χ3n) is 1.24. The topological polar surface area (TPSA) is 71.2 Å². The highest BCUT2D eigenvalue weighted by atomic mass is 16.5. The van der Waals surface area contributed by atoms with E-state index in [1.165, 1.54) is 14.0 Å². The lowest BCUT2D eigenvalue weighted by molar-refractivity contribution is -0.116. The van der Waals surface area contributed by atoms with Crippen molar-refractivity contribution in [1.29, 1.82) is 0 Å². The van der Waals surface area contributed by atoms with E-state index in [-0.39, 0.29) is 12.5 Å². The van der Waals surface area contributed by atoms with Crippen molar-refractivity contribution in [2.75, 3.05) is 13.7 Å². The highest BCUT2D eigenvalue weighted by Gasteiger charge is 2.13. The first-order chi connectivity index (χ1) is 5.57. The van der Waals surface area contributed by atoms with Crippen molar-refractivity contribution in [3.05, 3.63) is 0 Å². The largest absolute Gasteiger partial charge is 0.391 e. The summed E-state index contributed by atoms with van der Waals surface area (Å²) in [7, 11) is 1.50. The Morgan fingerprint density at radius 1 is 1.67 bits per heavy atom. The summed E-state index contributed by atoms with van der Waals surface area (Å²) in [5, 5.41) is 16.0. The van der Waals surface area contributed by atoms with Crippen LogP contribution in [-0.2, 0) is 9.53 Å². The molecule has 0 bridgehead atoms. The molecule has 0 rings (SSSR count). The maximum Gasteiger partial charge on any atom is 0.261 e. The molecule has 0 aliphatic heterocycles.